The summed E-state index contributed by atoms with van der Waals surface area (Å²) in [5.74, 6) is 3.40. The summed E-state index contributed by atoms with van der Waals surface area (Å²) in [7, 11) is 0. The average Bonchev–Trinajstić information content (AvgIpc) is 2.96. The molecule has 0 aliphatic rings. The van der Waals surface area contributed by atoms with Gasteiger partial charge in [0.25, 0.3) is 5.78 Å². The number of nitrogens with two attached hydrogens (primary N) is 1. The van der Waals surface area contributed by atoms with Gasteiger partial charge in [-0.05, 0) is 18.1 Å². The molecule has 0 aliphatic heterocycles. The molecule has 1 aromatic carbocycles. The van der Waals surface area contributed by atoms with Crippen LogP contribution in [-0.4, -0.2) is 24.7 Å². The van der Waals surface area contributed by atoms with Crippen molar-refractivity contribution in [2.75, 3.05) is 5.73 Å². The van der Waals surface area contributed by atoms with Crippen molar-refractivity contribution in [1.29, 1.82) is 0 Å². The molecule has 0 aliphatic carbocycles. The second kappa shape index (κ2) is 5.47. The normalized spacial score (nSPS) is 12.2. The third kappa shape index (κ3) is 2.28. The van der Waals surface area contributed by atoms with Crippen LogP contribution in [0.3, 0.4) is 0 Å². The number of hydrogen-bond donors (Lipinski definition) is 2. The zero-order chi connectivity index (χ0) is 15.7. The molecule has 2 heterocycles. The van der Waals surface area contributed by atoms with E-state index in [9.17, 15) is 5.11 Å². The Balaban J connectivity index is 2.06. The third-order valence-electron chi connectivity index (χ3n) is 3.54. The lowest BCUT2D eigenvalue weighted by molar-refractivity contribution is 0.184. The summed E-state index contributed by atoms with van der Waals surface area (Å²) in [4.78, 5) is 8.44. The highest BCUT2D eigenvalue weighted by atomic mass is 16.3. The Morgan fingerprint density at radius 3 is 2.77 bits per heavy atom. The van der Waals surface area contributed by atoms with Gasteiger partial charge in [0.15, 0.2) is 0 Å². The summed E-state index contributed by atoms with van der Waals surface area (Å²) in [6, 6.07) is 7.44. The minimum Gasteiger partial charge on any atom is -0.387 e. The molecule has 0 saturated heterocycles. The van der Waals surface area contributed by atoms with Gasteiger partial charge in [-0.25, -0.2) is 4.98 Å². The molecule has 0 saturated carbocycles. The summed E-state index contributed by atoms with van der Waals surface area (Å²) in [5.41, 5.74) is 9.43. The number of aliphatic hydroxyl groups is 1. The van der Waals surface area contributed by atoms with Crippen molar-refractivity contribution >= 4 is 11.6 Å². The number of aliphatic hydroxyl groups excluding tert-OH is 1. The molecule has 2 aromatic heterocycles. The summed E-state index contributed by atoms with van der Waals surface area (Å²) in [6.07, 6.45) is 6.26. The van der Waals surface area contributed by atoms with Crippen molar-refractivity contribution in [3.05, 3.63) is 41.9 Å². The number of benzene rings is 1. The number of aromatic nitrogens is 4. The van der Waals surface area contributed by atoms with E-state index < -0.39 is 6.10 Å². The Hall–Kier alpha value is -2.91. The molecule has 3 N–H and O–H groups in total. The van der Waals surface area contributed by atoms with E-state index in [0.717, 1.165) is 22.4 Å². The van der Waals surface area contributed by atoms with Gasteiger partial charge in [-0.2, -0.15) is 14.6 Å². The second-order valence-corrected chi connectivity index (χ2v) is 4.98. The van der Waals surface area contributed by atoms with Crippen LogP contribution in [0.4, 0.5) is 5.82 Å². The lowest BCUT2D eigenvalue weighted by Crippen LogP contribution is -2.05. The number of nitrogens with zero attached hydrogens (tertiary/aromatic N) is 4. The van der Waals surface area contributed by atoms with Crippen molar-refractivity contribution in [1.82, 2.24) is 19.6 Å². The van der Waals surface area contributed by atoms with Crippen molar-refractivity contribution < 1.29 is 5.11 Å². The number of aryl methyl sites for hydroxylation is 1. The van der Waals surface area contributed by atoms with Gasteiger partial charge in [-0.1, -0.05) is 24.3 Å². The van der Waals surface area contributed by atoms with E-state index in [0.29, 0.717) is 11.6 Å². The number of hydrogen-bond acceptors (Lipinski definition) is 5. The standard InChI is InChI=1S/C16H15N5O/c1-3-4-13(22)11-5-7-12(8-6-11)14-10(2)20-16-18-9-19-21(16)15(14)17/h1,5-9,13,22H,4,17H2,2H3. The summed E-state index contributed by atoms with van der Waals surface area (Å²) < 4.78 is 1.50. The van der Waals surface area contributed by atoms with Gasteiger partial charge in [0.2, 0.25) is 0 Å². The van der Waals surface area contributed by atoms with E-state index in [-0.39, 0.29) is 6.42 Å². The molecule has 22 heavy (non-hydrogen) atoms. The predicted octanol–water partition coefficient (Wildman–Crippen LogP) is 1.74. The maximum atomic E-state index is 9.90. The fraction of sp³-hybridized carbons (Fsp3) is 0.188. The first-order chi connectivity index (χ1) is 10.6. The minimum atomic E-state index is -0.659. The van der Waals surface area contributed by atoms with Gasteiger partial charge < -0.3 is 10.8 Å². The van der Waals surface area contributed by atoms with Gasteiger partial charge >= 0.3 is 0 Å². The summed E-state index contributed by atoms with van der Waals surface area (Å²) in [6.45, 7) is 1.88. The number of nitrogen functional groups attached to an aromatic ring is 1. The third-order valence-corrected chi connectivity index (χ3v) is 3.54. The van der Waals surface area contributed by atoms with Crippen LogP contribution in [0.5, 0.6) is 0 Å². The number of rotatable bonds is 3. The largest absolute Gasteiger partial charge is 0.387 e. The monoisotopic (exact) mass is 293 g/mol. The molecule has 3 rings (SSSR count). The molecule has 1 unspecified atom stereocenters. The van der Waals surface area contributed by atoms with E-state index in [1.165, 1.54) is 10.8 Å². The number of fused-ring (bicyclic) bond motifs is 1. The highest BCUT2D eigenvalue weighted by Gasteiger charge is 2.14. The van der Waals surface area contributed by atoms with Crippen molar-refractivity contribution in [2.24, 2.45) is 0 Å². The summed E-state index contributed by atoms with van der Waals surface area (Å²) >= 11 is 0. The second-order valence-electron chi connectivity index (χ2n) is 4.98. The zero-order valence-corrected chi connectivity index (χ0v) is 12.1. The van der Waals surface area contributed by atoms with Crippen LogP contribution in [0.15, 0.2) is 30.6 Å². The highest BCUT2D eigenvalue weighted by Crippen LogP contribution is 2.29. The maximum absolute atomic E-state index is 9.90. The molecule has 0 radical (unpaired) electrons. The van der Waals surface area contributed by atoms with Crippen molar-refractivity contribution in [3.8, 4) is 23.5 Å². The van der Waals surface area contributed by atoms with E-state index in [1.807, 2.05) is 31.2 Å². The topological polar surface area (TPSA) is 89.3 Å². The van der Waals surface area contributed by atoms with Crippen LogP contribution < -0.4 is 5.73 Å². The fourth-order valence-electron chi connectivity index (χ4n) is 2.44. The Kier molecular flexibility index (Phi) is 3.49. The first-order valence-electron chi connectivity index (χ1n) is 6.79. The van der Waals surface area contributed by atoms with E-state index in [1.54, 1.807) is 0 Å². The zero-order valence-electron chi connectivity index (χ0n) is 12.1. The SMILES string of the molecule is C#CCC(O)c1ccc(-c2c(C)nc3ncnn3c2N)cc1. The molecule has 0 spiro atoms. The number of anilines is 1. The molecule has 0 amide bonds. The van der Waals surface area contributed by atoms with E-state index in [4.69, 9.17) is 12.2 Å². The fourth-order valence-corrected chi connectivity index (χ4v) is 2.44. The lowest BCUT2D eigenvalue weighted by atomic mass is 10.0. The molecule has 110 valence electrons. The lowest BCUT2D eigenvalue weighted by Gasteiger charge is -2.12. The van der Waals surface area contributed by atoms with Gasteiger partial charge in [0.1, 0.15) is 12.1 Å². The van der Waals surface area contributed by atoms with Crippen LogP contribution in [0, 0.1) is 19.3 Å². The first-order valence-corrected chi connectivity index (χ1v) is 6.79. The Morgan fingerprint density at radius 1 is 1.36 bits per heavy atom. The average molecular weight is 293 g/mol. The van der Waals surface area contributed by atoms with E-state index >= 15 is 0 Å². The smallest absolute Gasteiger partial charge is 0.254 e. The molecular weight excluding hydrogens is 278 g/mol. The predicted molar refractivity (Wildman–Crippen MR) is 83.8 cm³/mol. The minimum absolute atomic E-state index is 0.285. The molecule has 1 atom stereocenters. The van der Waals surface area contributed by atoms with Crippen LogP contribution in [0.1, 0.15) is 23.8 Å². The molecular formula is C16H15N5O. The Bertz CT molecular complexity index is 861. The molecule has 0 fully saturated rings. The Morgan fingerprint density at radius 2 is 2.09 bits per heavy atom. The highest BCUT2D eigenvalue weighted by molar-refractivity contribution is 5.77. The molecule has 6 nitrogen and oxygen atoms in total. The quantitative estimate of drug-likeness (QED) is 0.718. The van der Waals surface area contributed by atoms with Gasteiger partial charge in [0, 0.05) is 12.0 Å². The van der Waals surface area contributed by atoms with Gasteiger partial charge in [0.05, 0.1) is 11.8 Å². The number of terminal acetylenes is 1. The maximum Gasteiger partial charge on any atom is 0.254 e. The van der Waals surface area contributed by atoms with E-state index in [2.05, 4.69) is 21.0 Å². The van der Waals surface area contributed by atoms with Crippen LogP contribution in [0.2, 0.25) is 0 Å². The van der Waals surface area contributed by atoms with Crippen molar-refractivity contribution in [3.63, 3.8) is 0 Å². The van der Waals surface area contributed by atoms with Gasteiger partial charge in [-0.15, -0.1) is 12.3 Å². The van der Waals surface area contributed by atoms with Crippen LogP contribution in [-0.2, 0) is 0 Å². The molecule has 6 heteroatoms. The molecule has 0 bridgehead atoms. The van der Waals surface area contributed by atoms with Crippen LogP contribution >= 0.6 is 0 Å². The van der Waals surface area contributed by atoms with Crippen molar-refractivity contribution in [2.45, 2.75) is 19.4 Å². The van der Waals surface area contributed by atoms with Gasteiger partial charge in [-0.3, -0.25) is 0 Å². The Labute approximate surface area is 127 Å². The summed E-state index contributed by atoms with van der Waals surface area (Å²) in [5, 5.41) is 14.0. The molecule has 3 aromatic rings. The first kappa shape index (κ1) is 14.0. The van der Waals surface area contributed by atoms with Crippen LogP contribution in [0.25, 0.3) is 16.9 Å².